The van der Waals surface area contributed by atoms with E-state index in [1.807, 2.05) is 12.1 Å². The minimum atomic E-state index is -4.46. The minimum absolute atomic E-state index is 0.0000723. The zero-order chi connectivity index (χ0) is 22.3. The Bertz CT molecular complexity index is 1040. The fourth-order valence-corrected chi connectivity index (χ4v) is 2.41. The molecule has 162 valence electrons. The van der Waals surface area contributed by atoms with Crippen LogP contribution in [0.1, 0.15) is 18.1 Å². The fraction of sp³-hybridized carbons (Fsp3) is 0.200. The standard InChI is InChI=1S/C20H19F3N6O2/c1-3-31-19-27-17(25-15-6-4-5-14(11-15)20(21,22)23)26-18(28-19)29-24-12-13-7-9-16(30-2)10-8-13/h4-12H,3H2,1-2H3,(H2,25,26,27,28,29)/b24-12+. The molecule has 0 radical (unpaired) electrons. The summed E-state index contributed by atoms with van der Waals surface area (Å²) in [6, 6.07) is 11.9. The van der Waals surface area contributed by atoms with Gasteiger partial charge in [-0.2, -0.15) is 33.2 Å². The Morgan fingerprint density at radius 1 is 1.03 bits per heavy atom. The van der Waals surface area contributed by atoms with Crippen LogP contribution in [0.3, 0.4) is 0 Å². The summed E-state index contributed by atoms with van der Waals surface area (Å²) in [6.07, 6.45) is -2.92. The Kier molecular flexibility index (Phi) is 6.85. The van der Waals surface area contributed by atoms with Crippen LogP contribution in [0.5, 0.6) is 11.8 Å². The quantitative estimate of drug-likeness (QED) is 0.400. The van der Waals surface area contributed by atoms with Crippen molar-refractivity contribution < 1.29 is 22.6 Å². The van der Waals surface area contributed by atoms with Gasteiger partial charge < -0.3 is 14.8 Å². The van der Waals surface area contributed by atoms with Crippen LogP contribution in [0.15, 0.2) is 53.6 Å². The number of hydrogen-bond donors (Lipinski definition) is 2. The molecular weight excluding hydrogens is 413 g/mol. The molecule has 0 aliphatic rings. The first-order chi connectivity index (χ1) is 14.9. The molecule has 0 aliphatic heterocycles. The molecule has 0 bridgehead atoms. The molecule has 0 aliphatic carbocycles. The van der Waals surface area contributed by atoms with Crippen LogP contribution in [-0.2, 0) is 6.18 Å². The first kappa shape index (κ1) is 21.8. The summed E-state index contributed by atoms with van der Waals surface area (Å²) in [5.41, 5.74) is 2.83. The van der Waals surface area contributed by atoms with Crippen molar-refractivity contribution in [1.82, 2.24) is 15.0 Å². The van der Waals surface area contributed by atoms with E-state index >= 15 is 0 Å². The summed E-state index contributed by atoms with van der Waals surface area (Å²) < 4.78 is 49.2. The number of aromatic nitrogens is 3. The van der Waals surface area contributed by atoms with Gasteiger partial charge in [0.25, 0.3) is 5.95 Å². The number of ether oxygens (including phenoxy) is 2. The molecule has 31 heavy (non-hydrogen) atoms. The topological polar surface area (TPSA) is 93.5 Å². The second kappa shape index (κ2) is 9.74. The van der Waals surface area contributed by atoms with Crippen molar-refractivity contribution in [2.75, 3.05) is 24.5 Å². The van der Waals surface area contributed by atoms with Gasteiger partial charge in [0.05, 0.1) is 25.5 Å². The third kappa shape index (κ3) is 6.29. The number of nitrogens with one attached hydrogen (secondary N) is 2. The molecule has 0 unspecified atom stereocenters. The van der Waals surface area contributed by atoms with Gasteiger partial charge in [-0.25, -0.2) is 5.43 Å². The molecular formula is C20H19F3N6O2. The number of halogens is 3. The van der Waals surface area contributed by atoms with E-state index < -0.39 is 11.7 Å². The molecule has 1 heterocycles. The molecule has 8 nitrogen and oxygen atoms in total. The predicted molar refractivity (Wildman–Crippen MR) is 110 cm³/mol. The fourth-order valence-electron chi connectivity index (χ4n) is 2.41. The number of rotatable bonds is 8. The number of methoxy groups -OCH3 is 1. The molecule has 1 aromatic heterocycles. The highest BCUT2D eigenvalue weighted by molar-refractivity contribution is 5.80. The molecule has 11 heteroatoms. The largest absolute Gasteiger partial charge is 0.497 e. The van der Waals surface area contributed by atoms with E-state index in [0.29, 0.717) is 12.4 Å². The van der Waals surface area contributed by atoms with Gasteiger partial charge in [-0.05, 0) is 55.0 Å². The highest BCUT2D eigenvalue weighted by Crippen LogP contribution is 2.31. The zero-order valence-corrected chi connectivity index (χ0v) is 16.6. The Labute approximate surface area is 176 Å². The van der Waals surface area contributed by atoms with Crippen LogP contribution in [0.4, 0.5) is 30.8 Å². The predicted octanol–water partition coefficient (Wildman–Crippen LogP) is 4.49. The second-order valence-electron chi connectivity index (χ2n) is 6.04. The third-order valence-electron chi connectivity index (χ3n) is 3.83. The van der Waals surface area contributed by atoms with E-state index in [2.05, 4.69) is 30.8 Å². The monoisotopic (exact) mass is 432 g/mol. The van der Waals surface area contributed by atoms with E-state index in [-0.39, 0.29) is 23.6 Å². The van der Waals surface area contributed by atoms with Crippen LogP contribution < -0.4 is 20.2 Å². The zero-order valence-electron chi connectivity index (χ0n) is 16.6. The van der Waals surface area contributed by atoms with Crippen LogP contribution in [0.25, 0.3) is 0 Å². The van der Waals surface area contributed by atoms with Gasteiger partial charge >= 0.3 is 12.2 Å². The van der Waals surface area contributed by atoms with E-state index in [1.54, 1.807) is 32.4 Å². The van der Waals surface area contributed by atoms with Crippen LogP contribution in [0, 0.1) is 0 Å². The Morgan fingerprint density at radius 2 is 1.77 bits per heavy atom. The number of anilines is 3. The lowest BCUT2D eigenvalue weighted by atomic mass is 10.2. The first-order valence-corrected chi connectivity index (χ1v) is 9.13. The van der Waals surface area contributed by atoms with E-state index in [9.17, 15) is 13.2 Å². The maximum absolute atomic E-state index is 12.9. The molecule has 0 spiro atoms. The number of nitrogens with zero attached hydrogens (tertiary/aromatic N) is 4. The van der Waals surface area contributed by atoms with Crippen molar-refractivity contribution in [1.29, 1.82) is 0 Å². The molecule has 2 N–H and O–H groups in total. The van der Waals surface area contributed by atoms with Crippen LogP contribution >= 0.6 is 0 Å². The summed E-state index contributed by atoms with van der Waals surface area (Å²) in [4.78, 5) is 12.2. The normalized spacial score (nSPS) is 11.4. The van der Waals surface area contributed by atoms with Crippen molar-refractivity contribution >= 4 is 23.8 Å². The van der Waals surface area contributed by atoms with Crippen LogP contribution in [-0.4, -0.2) is 34.9 Å². The van der Waals surface area contributed by atoms with Gasteiger partial charge in [0.2, 0.25) is 5.95 Å². The number of alkyl halides is 3. The maximum Gasteiger partial charge on any atom is 0.416 e. The smallest absolute Gasteiger partial charge is 0.416 e. The number of benzene rings is 2. The van der Waals surface area contributed by atoms with Gasteiger partial charge in [-0.3, -0.25) is 0 Å². The average Bonchev–Trinajstić information content (AvgIpc) is 2.74. The highest BCUT2D eigenvalue weighted by Gasteiger charge is 2.30. The Morgan fingerprint density at radius 3 is 2.45 bits per heavy atom. The minimum Gasteiger partial charge on any atom is -0.497 e. The first-order valence-electron chi connectivity index (χ1n) is 9.13. The van der Waals surface area contributed by atoms with E-state index in [0.717, 1.165) is 17.7 Å². The maximum atomic E-state index is 12.9. The molecule has 3 rings (SSSR count). The lowest BCUT2D eigenvalue weighted by Gasteiger charge is -2.11. The highest BCUT2D eigenvalue weighted by atomic mass is 19.4. The number of hydrazone groups is 1. The van der Waals surface area contributed by atoms with Crippen molar-refractivity contribution in [2.24, 2.45) is 5.10 Å². The molecule has 0 saturated carbocycles. The molecule has 0 atom stereocenters. The SMILES string of the molecule is CCOc1nc(N/N=C/c2ccc(OC)cc2)nc(Nc2cccc(C(F)(F)F)c2)n1. The van der Waals surface area contributed by atoms with Gasteiger partial charge in [0.15, 0.2) is 0 Å². The summed E-state index contributed by atoms with van der Waals surface area (Å²) >= 11 is 0. The lowest BCUT2D eigenvalue weighted by Crippen LogP contribution is -2.08. The second-order valence-corrected chi connectivity index (χ2v) is 6.04. The number of hydrogen-bond acceptors (Lipinski definition) is 8. The molecule has 2 aromatic carbocycles. The van der Waals surface area contributed by atoms with Crippen molar-refractivity contribution in [2.45, 2.75) is 13.1 Å². The average molecular weight is 432 g/mol. The summed E-state index contributed by atoms with van der Waals surface area (Å²) in [6.45, 7) is 2.04. The molecule has 3 aromatic rings. The van der Waals surface area contributed by atoms with Crippen molar-refractivity contribution in [3.8, 4) is 11.8 Å². The molecule has 0 amide bonds. The van der Waals surface area contributed by atoms with E-state index in [4.69, 9.17) is 9.47 Å². The van der Waals surface area contributed by atoms with Crippen molar-refractivity contribution in [3.05, 3.63) is 59.7 Å². The van der Waals surface area contributed by atoms with Crippen molar-refractivity contribution in [3.63, 3.8) is 0 Å². The molecule has 0 fully saturated rings. The van der Waals surface area contributed by atoms with Gasteiger partial charge in [0, 0.05) is 5.69 Å². The third-order valence-corrected chi connectivity index (χ3v) is 3.83. The summed E-state index contributed by atoms with van der Waals surface area (Å²) in [7, 11) is 1.58. The van der Waals surface area contributed by atoms with Crippen LogP contribution in [0.2, 0.25) is 0 Å². The summed E-state index contributed by atoms with van der Waals surface area (Å²) in [5, 5.41) is 6.79. The lowest BCUT2D eigenvalue weighted by molar-refractivity contribution is -0.137. The van der Waals surface area contributed by atoms with Gasteiger partial charge in [-0.15, -0.1) is 0 Å². The molecule has 0 saturated heterocycles. The Balaban J connectivity index is 1.78. The van der Waals surface area contributed by atoms with E-state index in [1.165, 1.54) is 12.1 Å². The van der Waals surface area contributed by atoms with Gasteiger partial charge in [-0.1, -0.05) is 6.07 Å². The summed E-state index contributed by atoms with van der Waals surface area (Å²) in [5.74, 6) is 0.770. The Hall–Kier alpha value is -3.89. The van der Waals surface area contributed by atoms with Gasteiger partial charge in [0.1, 0.15) is 5.75 Å².